The number of para-hydroxylation sites is 1. The second kappa shape index (κ2) is 7.75. The van der Waals surface area contributed by atoms with Gasteiger partial charge in [0.2, 0.25) is 5.09 Å². The molecular weight excluding hydrogens is 448 g/mol. The van der Waals surface area contributed by atoms with E-state index in [0.29, 0.717) is 16.7 Å². The van der Waals surface area contributed by atoms with Gasteiger partial charge < -0.3 is 4.42 Å². The molecule has 30 heavy (non-hydrogen) atoms. The predicted molar refractivity (Wildman–Crippen MR) is 114 cm³/mol. The van der Waals surface area contributed by atoms with Crippen LogP contribution in [0.4, 0.5) is 5.69 Å². The fourth-order valence-corrected chi connectivity index (χ4v) is 5.61. The Morgan fingerprint density at radius 1 is 0.933 bits per heavy atom. The zero-order valence-electron chi connectivity index (χ0n) is 15.3. The summed E-state index contributed by atoms with van der Waals surface area (Å²) in [6.07, 6.45) is 1.48. The number of benzene rings is 2. The lowest BCUT2D eigenvalue weighted by Crippen LogP contribution is -2.16. The molecule has 0 aliphatic rings. The van der Waals surface area contributed by atoms with Gasteiger partial charge in [-0.15, -0.1) is 0 Å². The summed E-state index contributed by atoms with van der Waals surface area (Å²) in [5.41, 5.74) is 0.560. The molecule has 0 amide bonds. The molecule has 2 aromatic carbocycles. The number of halogens is 1. The number of sulfone groups is 1. The summed E-state index contributed by atoms with van der Waals surface area (Å²) < 4.78 is 59.3. The normalized spacial score (nSPS) is 12.2. The average molecular weight is 463 g/mol. The number of anilines is 1. The van der Waals surface area contributed by atoms with Gasteiger partial charge in [-0.3, -0.25) is 9.71 Å². The third kappa shape index (κ3) is 4.18. The Hall–Kier alpha value is -2.88. The molecule has 0 bridgehead atoms. The van der Waals surface area contributed by atoms with Crippen LogP contribution in [0.1, 0.15) is 5.69 Å². The largest absolute Gasteiger partial charge is 0.443 e. The van der Waals surface area contributed by atoms with Crippen molar-refractivity contribution in [1.82, 2.24) is 4.98 Å². The number of hydrogen-bond acceptors (Lipinski definition) is 6. The zero-order chi connectivity index (χ0) is 21.4. The van der Waals surface area contributed by atoms with Crippen molar-refractivity contribution in [3.05, 3.63) is 83.6 Å². The molecule has 0 radical (unpaired) electrons. The molecule has 0 unspecified atom stereocenters. The first-order valence-corrected chi connectivity index (χ1v) is 12.2. The first-order chi connectivity index (χ1) is 14.2. The van der Waals surface area contributed by atoms with Gasteiger partial charge in [-0.1, -0.05) is 35.9 Å². The summed E-state index contributed by atoms with van der Waals surface area (Å²) in [5.74, 6) is -0.394. The Kier molecular flexibility index (Phi) is 5.27. The lowest BCUT2D eigenvalue weighted by Gasteiger charge is -2.12. The van der Waals surface area contributed by atoms with E-state index in [2.05, 4.69) is 9.71 Å². The number of furan rings is 1. The molecule has 0 spiro atoms. The molecule has 0 saturated heterocycles. The van der Waals surface area contributed by atoms with E-state index in [9.17, 15) is 16.8 Å². The average Bonchev–Trinajstić information content (AvgIpc) is 3.13. The van der Waals surface area contributed by atoms with Gasteiger partial charge in [-0.2, -0.15) is 8.42 Å². The highest BCUT2D eigenvalue weighted by atomic mass is 35.5. The van der Waals surface area contributed by atoms with Crippen molar-refractivity contribution < 1.29 is 21.3 Å². The highest BCUT2D eigenvalue weighted by Gasteiger charge is 2.26. The molecule has 4 aromatic rings. The molecule has 2 aromatic heterocycles. The van der Waals surface area contributed by atoms with Crippen LogP contribution >= 0.6 is 11.6 Å². The van der Waals surface area contributed by atoms with E-state index < -0.39 is 25.6 Å². The van der Waals surface area contributed by atoms with Gasteiger partial charge in [0.1, 0.15) is 5.58 Å². The van der Waals surface area contributed by atoms with Crippen LogP contribution in [0.3, 0.4) is 0 Å². The van der Waals surface area contributed by atoms with Crippen LogP contribution in [0.2, 0.25) is 5.02 Å². The van der Waals surface area contributed by atoms with Crippen LogP contribution in [0.25, 0.3) is 11.0 Å². The van der Waals surface area contributed by atoms with Gasteiger partial charge in [-0.05, 0) is 36.4 Å². The number of pyridine rings is 1. The van der Waals surface area contributed by atoms with Crippen LogP contribution < -0.4 is 4.72 Å². The lowest BCUT2D eigenvalue weighted by molar-refractivity contribution is 0.484. The summed E-state index contributed by atoms with van der Waals surface area (Å²) in [7, 11) is -8.12. The number of hydrogen-bond donors (Lipinski definition) is 1. The van der Waals surface area contributed by atoms with Gasteiger partial charge in [-0.25, -0.2) is 8.42 Å². The van der Waals surface area contributed by atoms with Crippen LogP contribution in [-0.4, -0.2) is 21.8 Å². The minimum Gasteiger partial charge on any atom is -0.443 e. The van der Waals surface area contributed by atoms with Crippen LogP contribution in [0.15, 0.2) is 87.3 Å². The van der Waals surface area contributed by atoms with E-state index in [4.69, 9.17) is 16.0 Å². The van der Waals surface area contributed by atoms with Crippen molar-refractivity contribution in [2.24, 2.45) is 0 Å². The summed E-state index contributed by atoms with van der Waals surface area (Å²) in [6, 6.07) is 17.0. The predicted octanol–water partition coefficient (Wildman–Crippen LogP) is 4.26. The number of nitrogens with zero attached hydrogens (tertiary/aromatic N) is 1. The second-order valence-electron chi connectivity index (χ2n) is 6.43. The van der Waals surface area contributed by atoms with Crippen LogP contribution in [0.5, 0.6) is 0 Å². The Morgan fingerprint density at radius 3 is 2.43 bits per heavy atom. The fraction of sp³-hybridized carbons (Fsp3) is 0.0500. The second-order valence-corrected chi connectivity index (χ2v) is 10.4. The Morgan fingerprint density at radius 2 is 1.70 bits per heavy atom. The van der Waals surface area contributed by atoms with Gasteiger partial charge in [0.25, 0.3) is 10.0 Å². The molecule has 7 nitrogen and oxygen atoms in total. The summed E-state index contributed by atoms with van der Waals surface area (Å²) >= 11 is 6.00. The van der Waals surface area contributed by atoms with E-state index in [0.717, 1.165) is 0 Å². The molecule has 10 heteroatoms. The lowest BCUT2D eigenvalue weighted by atomic mass is 10.3. The third-order valence-corrected chi connectivity index (χ3v) is 7.41. The minimum absolute atomic E-state index is 0.168. The monoisotopic (exact) mass is 462 g/mol. The van der Waals surface area contributed by atoms with Gasteiger partial charge in [0.15, 0.2) is 9.84 Å². The quantitative estimate of drug-likeness (QED) is 0.459. The zero-order valence-corrected chi connectivity index (χ0v) is 17.7. The molecule has 0 fully saturated rings. The van der Waals surface area contributed by atoms with Crippen molar-refractivity contribution in [2.75, 3.05) is 4.72 Å². The first kappa shape index (κ1) is 20.4. The van der Waals surface area contributed by atoms with Gasteiger partial charge in [0.05, 0.1) is 22.0 Å². The van der Waals surface area contributed by atoms with Crippen molar-refractivity contribution >= 4 is 48.1 Å². The maximum absolute atomic E-state index is 13.0. The SMILES string of the molecule is O=S(=O)(Cc1ccccn1)c1ccc(Cl)cc1NS(=O)(=O)c1cc2ccccc2o1. The number of rotatable bonds is 6. The number of fused-ring (bicyclic) bond motifs is 1. The van der Waals surface area contributed by atoms with E-state index in [1.54, 1.807) is 42.5 Å². The number of nitrogens with one attached hydrogen (secondary N) is 1. The van der Waals surface area contributed by atoms with E-state index in [-0.39, 0.29) is 20.7 Å². The van der Waals surface area contributed by atoms with Gasteiger partial charge in [0, 0.05) is 22.7 Å². The number of aromatic nitrogens is 1. The minimum atomic E-state index is -4.20. The molecule has 0 aliphatic carbocycles. The molecule has 0 saturated carbocycles. The Balaban J connectivity index is 1.73. The molecule has 0 aliphatic heterocycles. The number of sulfonamides is 1. The Labute approximate surface area is 178 Å². The van der Waals surface area contributed by atoms with E-state index in [1.807, 2.05) is 0 Å². The molecular formula is C20H15ClN2O5S2. The fourth-order valence-electron chi connectivity index (χ4n) is 2.89. The third-order valence-electron chi connectivity index (χ3n) is 4.25. The molecule has 0 atom stereocenters. The summed E-state index contributed by atoms with van der Waals surface area (Å²) in [6.45, 7) is 0. The van der Waals surface area contributed by atoms with Crippen molar-refractivity contribution in [2.45, 2.75) is 15.7 Å². The molecule has 1 N–H and O–H groups in total. The van der Waals surface area contributed by atoms with Gasteiger partial charge >= 0.3 is 0 Å². The highest BCUT2D eigenvalue weighted by molar-refractivity contribution is 7.93. The molecule has 4 rings (SSSR count). The van der Waals surface area contributed by atoms with Crippen molar-refractivity contribution in [3.63, 3.8) is 0 Å². The maximum Gasteiger partial charge on any atom is 0.295 e. The smallest absolute Gasteiger partial charge is 0.295 e. The van der Waals surface area contributed by atoms with Crippen LogP contribution in [0, 0.1) is 0 Å². The van der Waals surface area contributed by atoms with Crippen molar-refractivity contribution in [3.8, 4) is 0 Å². The highest BCUT2D eigenvalue weighted by Crippen LogP contribution is 2.31. The summed E-state index contributed by atoms with van der Waals surface area (Å²) in [4.78, 5) is 3.81. The van der Waals surface area contributed by atoms with E-state index in [1.165, 1.54) is 30.5 Å². The van der Waals surface area contributed by atoms with E-state index >= 15 is 0 Å². The Bertz CT molecular complexity index is 1400. The summed E-state index contributed by atoms with van der Waals surface area (Å²) in [5, 5.41) is 0.442. The topological polar surface area (TPSA) is 106 Å². The molecule has 154 valence electrons. The maximum atomic E-state index is 13.0. The first-order valence-electron chi connectivity index (χ1n) is 8.68. The van der Waals surface area contributed by atoms with Crippen LogP contribution in [-0.2, 0) is 25.6 Å². The standard InChI is InChI=1S/C20H15ClN2O5S2/c21-15-8-9-19(29(24,25)13-16-6-3-4-10-22-16)17(12-15)23-30(26,27)20-11-14-5-1-2-7-18(14)28-20/h1-12,23H,13H2. The molecule has 2 heterocycles. The van der Waals surface area contributed by atoms with Crippen molar-refractivity contribution in [1.29, 1.82) is 0 Å².